The Labute approximate surface area is 172 Å². The third kappa shape index (κ3) is 4.00. The van der Waals surface area contributed by atoms with Gasteiger partial charge >= 0.3 is 0 Å². The Morgan fingerprint density at radius 2 is 1.93 bits per heavy atom. The van der Waals surface area contributed by atoms with Crippen LogP contribution in [0.5, 0.6) is 0 Å². The van der Waals surface area contributed by atoms with Crippen LogP contribution >= 0.6 is 0 Å². The lowest BCUT2D eigenvalue weighted by atomic mass is 10.0. The summed E-state index contributed by atoms with van der Waals surface area (Å²) in [5, 5.41) is 4.34. The van der Waals surface area contributed by atoms with E-state index in [4.69, 9.17) is 0 Å². The molecule has 4 rings (SSSR count). The number of aromatic nitrogens is 3. The monoisotopic (exact) mass is 402 g/mol. The smallest absolute Gasteiger partial charge is 0.261 e. The Kier molecular flexibility index (Phi) is 5.43. The highest BCUT2D eigenvalue weighted by molar-refractivity contribution is 5.94. The molecule has 0 aliphatic carbocycles. The van der Waals surface area contributed by atoms with Gasteiger partial charge in [0.1, 0.15) is 0 Å². The molecule has 7 nitrogen and oxygen atoms in total. The van der Waals surface area contributed by atoms with Crippen LogP contribution in [0.25, 0.3) is 21.8 Å². The lowest BCUT2D eigenvalue weighted by molar-refractivity contribution is -0.116. The second-order valence-electron chi connectivity index (χ2n) is 7.23. The molecule has 1 amide bonds. The predicted octanol–water partition coefficient (Wildman–Crippen LogP) is 3.22. The van der Waals surface area contributed by atoms with E-state index in [0.29, 0.717) is 22.1 Å². The van der Waals surface area contributed by atoms with Crippen LogP contribution in [0, 0.1) is 0 Å². The van der Waals surface area contributed by atoms with E-state index >= 15 is 0 Å². The number of hydrogen-bond acceptors (Lipinski definition) is 4. The van der Waals surface area contributed by atoms with Crippen molar-refractivity contribution in [2.45, 2.75) is 32.7 Å². The highest BCUT2D eigenvalue weighted by atomic mass is 16.2. The summed E-state index contributed by atoms with van der Waals surface area (Å²) in [4.78, 5) is 43.9. The summed E-state index contributed by atoms with van der Waals surface area (Å²) in [7, 11) is 0. The minimum absolute atomic E-state index is 0.129. The van der Waals surface area contributed by atoms with Gasteiger partial charge in [0.2, 0.25) is 11.5 Å². The fourth-order valence-corrected chi connectivity index (χ4v) is 3.60. The number of pyridine rings is 1. The number of benzene rings is 2. The number of para-hydroxylation sites is 1. The van der Waals surface area contributed by atoms with E-state index in [2.05, 4.69) is 22.2 Å². The molecule has 0 aliphatic rings. The highest BCUT2D eigenvalue weighted by Gasteiger charge is 2.09. The average molecular weight is 402 g/mol. The number of hydrogen-bond donors (Lipinski definition) is 2. The second-order valence-corrected chi connectivity index (χ2v) is 7.23. The summed E-state index contributed by atoms with van der Waals surface area (Å²) < 4.78 is 1.44. The highest BCUT2D eigenvalue weighted by Crippen LogP contribution is 2.21. The lowest BCUT2D eigenvalue weighted by Gasteiger charge is -2.10. The first-order valence-electron chi connectivity index (χ1n) is 9.95. The lowest BCUT2D eigenvalue weighted by Crippen LogP contribution is -2.23. The van der Waals surface area contributed by atoms with Gasteiger partial charge in [-0.05, 0) is 36.2 Å². The van der Waals surface area contributed by atoms with Crippen molar-refractivity contribution in [1.29, 1.82) is 0 Å². The molecule has 0 unspecified atom stereocenters. The Hall–Kier alpha value is -3.74. The number of amides is 1. The van der Waals surface area contributed by atoms with Crippen molar-refractivity contribution in [2.75, 3.05) is 5.32 Å². The van der Waals surface area contributed by atoms with Crippen molar-refractivity contribution in [3.8, 4) is 0 Å². The Morgan fingerprint density at radius 1 is 1.10 bits per heavy atom. The maximum absolute atomic E-state index is 12.5. The average Bonchev–Trinajstić information content (AvgIpc) is 2.73. The maximum atomic E-state index is 12.5. The van der Waals surface area contributed by atoms with Crippen molar-refractivity contribution in [2.24, 2.45) is 0 Å². The van der Waals surface area contributed by atoms with Gasteiger partial charge in [-0.2, -0.15) is 0 Å². The molecule has 2 heterocycles. The third-order valence-electron chi connectivity index (χ3n) is 5.04. The number of anilines is 1. The zero-order valence-electron chi connectivity index (χ0n) is 16.6. The summed E-state index contributed by atoms with van der Waals surface area (Å²) in [6.07, 6.45) is 3.36. The van der Waals surface area contributed by atoms with E-state index in [1.54, 1.807) is 30.3 Å². The molecule has 0 saturated heterocycles. The number of aromatic amines is 1. The molecule has 4 aromatic rings. The summed E-state index contributed by atoms with van der Waals surface area (Å²) in [6, 6.07) is 14.2. The van der Waals surface area contributed by atoms with E-state index < -0.39 is 0 Å². The largest absolute Gasteiger partial charge is 0.326 e. The molecule has 2 N–H and O–H groups in total. The predicted molar refractivity (Wildman–Crippen MR) is 118 cm³/mol. The molecule has 0 bridgehead atoms. The van der Waals surface area contributed by atoms with Crippen molar-refractivity contribution in [3.63, 3.8) is 0 Å². The van der Waals surface area contributed by atoms with Gasteiger partial charge in [0.25, 0.3) is 5.56 Å². The molecule has 30 heavy (non-hydrogen) atoms. The van der Waals surface area contributed by atoms with Crippen LogP contribution in [-0.2, 0) is 17.8 Å². The van der Waals surface area contributed by atoms with Crippen molar-refractivity contribution < 1.29 is 4.79 Å². The maximum Gasteiger partial charge on any atom is 0.261 e. The van der Waals surface area contributed by atoms with E-state index in [1.807, 2.05) is 18.2 Å². The number of carbonyl (C=O) groups excluding carboxylic acids is 1. The van der Waals surface area contributed by atoms with Crippen LogP contribution in [-0.4, -0.2) is 20.4 Å². The summed E-state index contributed by atoms with van der Waals surface area (Å²) in [6.45, 7) is 2.30. The zero-order chi connectivity index (χ0) is 21.1. The minimum atomic E-state index is -0.221. The van der Waals surface area contributed by atoms with Gasteiger partial charge in [-0.1, -0.05) is 31.5 Å². The Bertz CT molecular complexity index is 1350. The van der Waals surface area contributed by atoms with Crippen LogP contribution in [0.2, 0.25) is 0 Å². The van der Waals surface area contributed by atoms with Gasteiger partial charge < -0.3 is 10.3 Å². The van der Waals surface area contributed by atoms with Crippen LogP contribution < -0.4 is 16.4 Å². The van der Waals surface area contributed by atoms with Gasteiger partial charge in [0, 0.05) is 30.1 Å². The van der Waals surface area contributed by atoms with Crippen LogP contribution in [0.3, 0.4) is 0 Å². The topological polar surface area (TPSA) is 96.8 Å². The van der Waals surface area contributed by atoms with Gasteiger partial charge in [-0.15, -0.1) is 0 Å². The minimum Gasteiger partial charge on any atom is -0.326 e. The molecule has 0 radical (unpaired) electrons. The van der Waals surface area contributed by atoms with Gasteiger partial charge in [-0.3, -0.25) is 19.0 Å². The molecular weight excluding hydrogens is 380 g/mol. The number of H-pyrrole nitrogens is 1. The third-order valence-corrected chi connectivity index (χ3v) is 5.04. The fourth-order valence-electron chi connectivity index (χ4n) is 3.60. The molecule has 2 aromatic carbocycles. The van der Waals surface area contributed by atoms with E-state index in [9.17, 15) is 14.4 Å². The van der Waals surface area contributed by atoms with Crippen molar-refractivity contribution in [1.82, 2.24) is 14.5 Å². The molecular formula is C23H22N4O3. The first kappa shape index (κ1) is 19.6. The van der Waals surface area contributed by atoms with Gasteiger partial charge in [0.05, 0.1) is 22.7 Å². The first-order valence-corrected chi connectivity index (χ1v) is 9.95. The van der Waals surface area contributed by atoms with Crippen LogP contribution in [0.4, 0.5) is 5.69 Å². The molecule has 0 fully saturated rings. The summed E-state index contributed by atoms with van der Waals surface area (Å²) >= 11 is 0. The van der Waals surface area contributed by atoms with Crippen LogP contribution in [0.15, 0.2) is 64.4 Å². The molecule has 7 heteroatoms. The molecule has 0 atom stereocenters. The molecule has 2 aromatic heterocycles. The summed E-state index contributed by atoms with van der Waals surface area (Å²) in [5.41, 5.74) is 2.60. The number of fused-ring (bicyclic) bond motifs is 2. The van der Waals surface area contributed by atoms with E-state index in [0.717, 1.165) is 23.8 Å². The first-order chi connectivity index (χ1) is 14.5. The van der Waals surface area contributed by atoms with E-state index in [1.165, 1.54) is 10.9 Å². The Balaban J connectivity index is 1.49. The van der Waals surface area contributed by atoms with E-state index in [-0.39, 0.29) is 30.0 Å². The molecule has 0 spiro atoms. The van der Waals surface area contributed by atoms with Gasteiger partial charge in [0.15, 0.2) is 0 Å². The number of nitrogens with one attached hydrogen (secondary N) is 2. The van der Waals surface area contributed by atoms with Crippen LogP contribution in [0.1, 0.15) is 25.3 Å². The zero-order valence-corrected chi connectivity index (χ0v) is 16.6. The molecule has 0 saturated carbocycles. The molecule has 0 aliphatic heterocycles. The standard InChI is InChI=1S/C23H22N4O3/c1-2-5-15-12-22(29)26-20-13-16(8-9-17(15)20)25-21(28)10-11-27-14-24-19-7-4-3-6-18(19)23(27)30/h3-4,6-9,12-14H,2,5,10-11H2,1H3,(H,25,28)(H,26,29). The van der Waals surface area contributed by atoms with Crippen molar-refractivity contribution in [3.05, 3.63) is 81.1 Å². The number of carbonyl (C=O) groups is 1. The normalized spacial score (nSPS) is 11.1. The van der Waals surface area contributed by atoms with Gasteiger partial charge in [-0.25, -0.2) is 4.98 Å². The number of aryl methyl sites for hydroxylation is 2. The second kappa shape index (κ2) is 8.32. The summed E-state index contributed by atoms with van der Waals surface area (Å²) in [5.74, 6) is -0.221. The molecule has 152 valence electrons. The van der Waals surface area contributed by atoms with Crippen molar-refractivity contribution >= 4 is 33.4 Å². The fraction of sp³-hybridized carbons (Fsp3) is 0.217. The SMILES string of the molecule is CCCc1cc(=O)[nH]c2cc(NC(=O)CCn3cnc4ccccc4c3=O)ccc12. The number of rotatable bonds is 6. The quantitative estimate of drug-likeness (QED) is 0.517. The Morgan fingerprint density at radius 3 is 2.77 bits per heavy atom. The number of nitrogens with zero attached hydrogens (tertiary/aromatic N) is 2.